The molecule has 20 heavy (non-hydrogen) atoms. The second-order valence-electron chi connectivity index (χ2n) is 4.83. The van der Waals surface area contributed by atoms with E-state index in [1.54, 1.807) is 0 Å². The van der Waals surface area contributed by atoms with Crippen LogP contribution in [0.25, 0.3) is 10.9 Å². The fourth-order valence-electron chi connectivity index (χ4n) is 2.74. The SMILES string of the molecule is OCCN(CCO)c1c2c(nc3ccccc13)CSC2. The van der Waals surface area contributed by atoms with Crippen molar-refractivity contribution in [3.8, 4) is 0 Å². The maximum atomic E-state index is 9.30. The molecule has 0 amide bonds. The third kappa shape index (κ3) is 2.37. The van der Waals surface area contributed by atoms with Crippen molar-refractivity contribution >= 4 is 28.4 Å². The predicted octanol–water partition coefficient (Wildman–Crippen LogP) is 1.77. The Labute approximate surface area is 122 Å². The first-order chi connectivity index (χ1) is 9.85. The zero-order valence-corrected chi connectivity index (χ0v) is 12.1. The first kappa shape index (κ1) is 13.7. The van der Waals surface area contributed by atoms with E-state index in [2.05, 4.69) is 11.0 Å². The lowest BCUT2D eigenvalue weighted by Gasteiger charge is -2.27. The molecule has 0 saturated carbocycles. The number of rotatable bonds is 5. The number of pyridine rings is 1. The van der Waals surface area contributed by atoms with Gasteiger partial charge in [-0.05, 0) is 6.07 Å². The molecule has 1 aliphatic heterocycles. The monoisotopic (exact) mass is 290 g/mol. The summed E-state index contributed by atoms with van der Waals surface area (Å²) >= 11 is 1.87. The molecule has 0 spiro atoms. The smallest absolute Gasteiger partial charge is 0.0726 e. The third-order valence-electron chi connectivity index (χ3n) is 3.59. The van der Waals surface area contributed by atoms with Gasteiger partial charge >= 0.3 is 0 Å². The Bertz CT molecular complexity index is 612. The lowest BCUT2D eigenvalue weighted by molar-refractivity contribution is 0.281. The number of hydrogen-bond donors (Lipinski definition) is 2. The van der Waals surface area contributed by atoms with Crippen LogP contribution < -0.4 is 4.90 Å². The van der Waals surface area contributed by atoms with E-state index in [9.17, 15) is 10.2 Å². The molecule has 5 heteroatoms. The summed E-state index contributed by atoms with van der Waals surface area (Å²) in [4.78, 5) is 6.82. The number of hydrogen-bond acceptors (Lipinski definition) is 5. The Balaban J connectivity index is 2.20. The molecule has 1 aromatic heterocycles. The maximum absolute atomic E-state index is 9.30. The van der Waals surface area contributed by atoms with Crippen LogP contribution in [0.2, 0.25) is 0 Å². The number of anilines is 1. The van der Waals surface area contributed by atoms with E-state index in [1.165, 1.54) is 5.56 Å². The molecule has 0 unspecified atom stereocenters. The van der Waals surface area contributed by atoms with Crippen LogP contribution in [-0.4, -0.2) is 41.5 Å². The Hall–Kier alpha value is -1.30. The largest absolute Gasteiger partial charge is 0.395 e. The molecule has 2 aromatic rings. The molecule has 2 N–H and O–H groups in total. The van der Waals surface area contributed by atoms with Crippen LogP contribution in [0.1, 0.15) is 11.3 Å². The molecule has 106 valence electrons. The van der Waals surface area contributed by atoms with Crippen molar-refractivity contribution in [3.05, 3.63) is 35.5 Å². The van der Waals surface area contributed by atoms with Gasteiger partial charge < -0.3 is 15.1 Å². The predicted molar refractivity (Wildman–Crippen MR) is 83.1 cm³/mol. The third-order valence-corrected chi connectivity index (χ3v) is 4.56. The van der Waals surface area contributed by atoms with Crippen molar-refractivity contribution in [1.82, 2.24) is 4.98 Å². The highest BCUT2D eigenvalue weighted by molar-refractivity contribution is 7.98. The number of aliphatic hydroxyl groups is 2. The number of fused-ring (bicyclic) bond motifs is 2. The maximum Gasteiger partial charge on any atom is 0.0726 e. The molecule has 0 fully saturated rings. The molecule has 2 heterocycles. The minimum atomic E-state index is 0.0819. The van der Waals surface area contributed by atoms with Gasteiger partial charge in [-0.15, -0.1) is 0 Å². The second-order valence-corrected chi connectivity index (χ2v) is 5.82. The fourth-order valence-corrected chi connectivity index (χ4v) is 3.78. The zero-order valence-electron chi connectivity index (χ0n) is 11.2. The molecular formula is C15H18N2O2S. The number of benzene rings is 1. The van der Waals surface area contributed by atoms with Crippen molar-refractivity contribution in [2.45, 2.75) is 11.5 Å². The van der Waals surface area contributed by atoms with Gasteiger partial charge in [-0.25, -0.2) is 0 Å². The summed E-state index contributed by atoms with van der Waals surface area (Å²) < 4.78 is 0. The summed E-state index contributed by atoms with van der Waals surface area (Å²) in [7, 11) is 0. The summed E-state index contributed by atoms with van der Waals surface area (Å²) in [5.74, 6) is 1.90. The molecule has 1 aliphatic rings. The topological polar surface area (TPSA) is 56.6 Å². The number of thioether (sulfide) groups is 1. The first-order valence-corrected chi connectivity index (χ1v) is 7.95. The van der Waals surface area contributed by atoms with Crippen LogP contribution in [0.3, 0.4) is 0 Å². The van der Waals surface area contributed by atoms with Crippen LogP contribution in [0, 0.1) is 0 Å². The van der Waals surface area contributed by atoms with Crippen LogP contribution in [0.5, 0.6) is 0 Å². The van der Waals surface area contributed by atoms with Crippen molar-refractivity contribution < 1.29 is 10.2 Å². The highest BCUT2D eigenvalue weighted by atomic mass is 32.2. The fraction of sp³-hybridized carbons (Fsp3) is 0.400. The van der Waals surface area contributed by atoms with Gasteiger partial charge in [0.15, 0.2) is 0 Å². The average Bonchev–Trinajstić information content (AvgIpc) is 2.92. The van der Waals surface area contributed by atoms with E-state index in [0.717, 1.165) is 33.8 Å². The summed E-state index contributed by atoms with van der Waals surface area (Å²) in [6, 6.07) is 8.11. The van der Waals surface area contributed by atoms with Crippen molar-refractivity contribution in [3.63, 3.8) is 0 Å². The van der Waals surface area contributed by atoms with Crippen LogP contribution >= 0.6 is 11.8 Å². The molecule has 1 aromatic carbocycles. The molecule has 3 rings (SSSR count). The Morgan fingerprint density at radius 1 is 1.10 bits per heavy atom. The molecule has 0 saturated heterocycles. The minimum absolute atomic E-state index is 0.0819. The van der Waals surface area contributed by atoms with Gasteiger partial charge in [-0.2, -0.15) is 11.8 Å². The van der Waals surface area contributed by atoms with Crippen LogP contribution in [-0.2, 0) is 11.5 Å². The lowest BCUT2D eigenvalue weighted by atomic mass is 10.1. The number of aromatic nitrogens is 1. The van der Waals surface area contributed by atoms with Gasteiger partial charge in [-0.3, -0.25) is 4.98 Å². The molecule has 0 radical (unpaired) electrons. The zero-order chi connectivity index (χ0) is 13.9. The highest BCUT2D eigenvalue weighted by Crippen LogP contribution is 2.39. The summed E-state index contributed by atoms with van der Waals surface area (Å²) in [6.45, 7) is 1.23. The van der Waals surface area contributed by atoms with Crippen LogP contribution in [0.15, 0.2) is 24.3 Å². The van der Waals surface area contributed by atoms with Gasteiger partial charge in [0.05, 0.1) is 30.1 Å². The molecular weight excluding hydrogens is 272 g/mol. The summed E-state index contributed by atoms with van der Waals surface area (Å²) in [5.41, 5.74) is 4.53. The Morgan fingerprint density at radius 2 is 1.85 bits per heavy atom. The summed E-state index contributed by atoms with van der Waals surface area (Å²) in [5, 5.41) is 19.7. The van der Waals surface area contributed by atoms with Crippen molar-refractivity contribution in [1.29, 1.82) is 0 Å². The number of para-hydroxylation sites is 1. The Kier molecular flexibility index (Phi) is 4.10. The van der Waals surface area contributed by atoms with Gasteiger partial charge in [0.1, 0.15) is 0 Å². The average molecular weight is 290 g/mol. The Morgan fingerprint density at radius 3 is 2.60 bits per heavy atom. The second kappa shape index (κ2) is 5.99. The van der Waals surface area contributed by atoms with E-state index >= 15 is 0 Å². The van der Waals surface area contributed by atoms with E-state index < -0.39 is 0 Å². The van der Waals surface area contributed by atoms with E-state index in [-0.39, 0.29) is 13.2 Å². The normalized spacial score (nSPS) is 13.7. The van der Waals surface area contributed by atoms with E-state index in [4.69, 9.17) is 4.98 Å². The highest BCUT2D eigenvalue weighted by Gasteiger charge is 2.23. The number of aliphatic hydroxyl groups excluding tert-OH is 2. The van der Waals surface area contributed by atoms with E-state index in [0.29, 0.717) is 13.1 Å². The van der Waals surface area contributed by atoms with Gasteiger partial charge in [-0.1, -0.05) is 18.2 Å². The standard InChI is InChI=1S/C15H18N2O2S/c18-7-5-17(6-8-19)15-11-3-1-2-4-13(11)16-14-10-20-9-12(14)15/h1-4,18-19H,5-10H2. The summed E-state index contributed by atoms with van der Waals surface area (Å²) in [6.07, 6.45) is 0. The minimum Gasteiger partial charge on any atom is -0.395 e. The number of nitrogens with zero attached hydrogens (tertiary/aromatic N) is 2. The van der Waals surface area contributed by atoms with Crippen molar-refractivity contribution in [2.75, 3.05) is 31.2 Å². The lowest BCUT2D eigenvalue weighted by Crippen LogP contribution is -2.31. The van der Waals surface area contributed by atoms with Crippen LogP contribution in [0.4, 0.5) is 5.69 Å². The molecule has 4 nitrogen and oxygen atoms in total. The first-order valence-electron chi connectivity index (χ1n) is 6.80. The molecule has 0 atom stereocenters. The van der Waals surface area contributed by atoms with Crippen molar-refractivity contribution in [2.24, 2.45) is 0 Å². The quantitative estimate of drug-likeness (QED) is 0.879. The van der Waals surface area contributed by atoms with E-state index in [1.807, 2.05) is 30.0 Å². The van der Waals surface area contributed by atoms with Gasteiger partial charge in [0.2, 0.25) is 0 Å². The molecule has 0 bridgehead atoms. The molecule has 0 aliphatic carbocycles. The van der Waals surface area contributed by atoms with Gasteiger partial charge in [0.25, 0.3) is 0 Å². The van der Waals surface area contributed by atoms with Gasteiger partial charge in [0, 0.05) is 35.5 Å².